The molecule has 0 N–H and O–H groups in total. The van der Waals surface area contributed by atoms with Gasteiger partial charge in [0.1, 0.15) is 0 Å². The summed E-state index contributed by atoms with van der Waals surface area (Å²) in [7, 11) is -4.96. The lowest BCUT2D eigenvalue weighted by Crippen LogP contribution is -2.38. The largest absolute Gasteiger partial charge is 0.714 e. The van der Waals surface area contributed by atoms with E-state index in [1.807, 2.05) is 19.1 Å². The van der Waals surface area contributed by atoms with Crippen molar-refractivity contribution in [2.45, 2.75) is 13.3 Å². The molecular weight excluding hydrogens is 380 g/mol. The number of carbonyl (C=O) groups excluding carboxylic acids is 1. The van der Waals surface area contributed by atoms with Crippen molar-refractivity contribution in [2.24, 2.45) is 5.16 Å². The Morgan fingerprint density at radius 2 is 2.00 bits per heavy atom. The highest BCUT2D eigenvalue weighted by Gasteiger charge is 2.28. The Morgan fingerprint density at radius 3 is 2.69 bits per heavy atom. The summed E-state index contributed by atoms with van der Waals surface area (Å²) >= 11 is 6.07. The Morgan fingerprint density at radius 1 is 1.27 bits per heavy atom. The van der Waals surface area contributed by atoms with Crippen LogP contribution in [-0.4, -0.2) is 31.1 Å². The normalized spacial score (nSPS) is 15.7. The molecule has 0 radical (unpaired) electrons. The Labute approximate surface area is 155 Å². The Balaban J connectivity index is 2.03. The first-order valence-electron chi connectivity index (χ1n) is 7.65. The van der Waals surface area contributed by atoms with E-state index in [1.54, 1.807) is 35.2 Å². The van der Waals surface area contributed by atoms with Crippen molar-refractivity contribution < 1.29 is 22.0 Å². The SMILES string of the molecule is Cc1ccccc1C(=O)N1CC/C(=N/OS(=O)(=O)[O-])c2ccc(Cl)cc21. The van der Waals surface area contributed by atoms with Gasteiger partial charge in [-0.3, -0.25) is 9.08 Å². The maximum atomic E-state index is 13.0. The topological polar surface area (TPSA) is 99.1 Å². The maximum Gasteiger partial charge on any atom is 0.284 e. The molecule has 9 heteroatoms. The number of oxime groups is 1. The zero-order valence-electron chi connectivity index (χ0n) is 13.7. The number of nitrogens with zero attached hydrogens (tertiary/aromatic N) is 2. The van der Waals surface area contributed by atoms with E-state index in [4.69, 9.17) is 11.6 Å². The van der Waals surface area contributed by atoms with Gasteiger partial charge >= 0.3 is 0 Å². The molecule has 1 heterocycles. The zero-order chi connectivity index (χ0) is 18.9. The fraction of sp³-hybridized carbons (Fsp3) is 0.176. The monoisotopic (exact) mass is 393 g/mol. The lowest BCUT2D eigenvalue weighted by atomic mass is 9.98. The number of hydrogen-bond acceptors (Lipinski definition) is 6. The molecule has 0 bridgehead atoms. The van der Waals surface area contributed by atoms with E-state index in [9.17, 15) is 17.8 Å². The van der Waals surface area contributed by atoms with Crippen LogP contribution in [0.5, 0.6) is 0 Å². The van der Waals surface area contributed by atoms with E-state index in [0.29, 0.717) is 21.8 Å². The number of rotatable bonds is 3. The van der Waals surface area contributed by atoms with E-state index in [-0.39, 0.29) is 24.6 Å². The maximum absolute atomic E-state index is 13.0. The first-order chi connectivity index (χ1) is 12.3. The number of benzene rings is 2. The molecule has 7 nitrogen and oxygen atoms in total. The number of aryl methyl sites for hydroxylation is 1. The lowest BCUT2D eigenvalue weighted by Gasteiger charge is -2.30. The highest BCUT2D eigenvalue weighted by Crippen LogP contribution is 2.32. The quantitative estimate of drug-likeness (QED) is 0.453. The minimum absolute atomic E-state index is 0.206. The molecule has 0 fully saturated rings. The molecule has 2 aromatic carbocycles. The highest BCUT2D eigenvalue weighted by molar-refractivity contribution is 7.80. The fourth-order valence-corrected chi connectivity index (χ4v) is 3.15. The minimum Gasteiger partial charge on any atom is -0.714 e. The second kappa shape index (κ2) is 7.06. The molecule has 0 saturated carbocycles. The summed E-state index contributed by atoms with van der Waals surface area (Å²) in [4.78, 5) is 14.5. The third-order valence-electron chi connectivity index (χ3n) is 3.99. The van der Waals surface area contributed by atoms with Crippen LogP contribution in [0.25, 0.3) is 0 Å². The van der Waals surface area contributed by atoms with E-state index in [2.05, 4.69) is 9.44 Å². The molecular formula is C17H14ClN2O5S-. The third-order valence-corrected chi connectivity index (χ3v) is 4.49. The molecule has 3 rings (SSSR count). The molecule has 0 atom stereocenters. The van der Waals surface area contributed by atoms with Gasteiger partial charge in [0.2, 0.25) is 0 Å². The number of carbonyl (C=O) groups is 1. The van der Waals surface area contributed by atoms with Crippen molar-refractivity contribution in [3.05, 3.63) is 64.2 Å². The van der Waals surface area contributed by atoms with Crippen molar-refractivity contribution in [1.82, 2.24) is 0 Å². The van der Waals surface area contributed by atoms with Crippen LogP contribution in [0.4, 0.5) is 5.69 Å². The van der Waals surface area contributed by atoms with Gasteiger partial charge in [-0.15, -0.1) is 0 Å². The molecule has 1 amide bonds. The van der Waals surface area contributed by atoms with Crippen LogP contribution in [0.2, 0.25) is 5.02 Å². The Kier molecular flexibility index (Phi) is 4.99. The average molecular weight is 394 g/mol. The summed E-state index contributed by atoms with van der Waals surface area (Å²) in [6, 6.07) is 12.0. The van der Waals surface area contributed by atoms with Crippen molar-refractivity contribution in [3.63, 3.8) is 0 Å². The molecule has 0 aliphatic carbocycles. The molecule has 0 saturated heterocycles. The molecule has 136 valence electrons. The number of amides is 1. The summed E-state index contributed by atoms with van der Waals surface area (Å²) in [6.07, 6.45) is 0.224. The molecule has 1 aliphatic rings. The number of hydrogen-bond donors (Lipinski definition) is 0. The zero-order valence-corrected chi connectivity index (χ0v) is 15.2. The number of fused-ring (bicyclic) bond motifs is 1. The van der Waals surface area contributed by atoms with Gasteiger partial charge < -0.3 is 9.45 Å². The summed E-state index contributed by atoms with van der Waals surface area (Å²) in [6.45, 7) is 2.08. The number of halogens is 1. The van der Waals surface area contributed by atoms with Crippen molar-refractivity contribution in [3.8, 4) is 0 Å². The van der Waals surface area contributed by atoms with Crippen LogP contribution in [0.3, 0.4) is 0 Å². The van der Waals surface area contributed by atoms with Crippen molar-refractivity contribution >= 4 is 39.3 Å². The van der Waals surface area contributed by atoms with E-state index in [0.717, 1.165) is 5.56 Å². The van der Waals surface area contributed by atoms with Gasteiger partial charge in [-0.2, -0.15) is 8.42 Å². The fourth-order valence-electron chi connectivity index (χ4n) is 2.80. The summed E-state index contributed by atoms with van der Waals surface area (Å²) in [5.74, 6) is -0.206. The van der Waals surface area contributed by atoms with Crippen LogP contribution in [0.1, 0.15) is 27.9 Å². The van der Waals surface area contributed by atoms with E-state index >= 15 is 0 Å². The molecule has 1 aliphatic heterocycles. The van der Waals surface area contributed by atoms with E-state index in [1.165, 1.54) is 0 Å². The van der Waals surface area contributed by atoms with Crippen LogP contribution >= 0.6 is 11.6 Å². The summed E-state index contributed by atoms with van der Waals surface area (Å²) < 4.78 is 36.0. The van der Waals surface area contributed by atoms with Gasteiger partial charge in [-0.1, -0.05) is 35.0 Å². The van der Waals surface area contributed by atoms with Gasteiger partial charge in [-0.25, -0.2) is 0 Å². The van der Waals surface area contributed by atoms with E-state index < -0.39 is 10.4 Å². The minimum atomic E-state index is -4.96. The molecule has 0 unspecified atom stereocenters. The van der Waals surface area contributed by atoms with Crippen LogP contribution in [-0.2, 0) is 14.7 Å². The van der Waals surface area contributed by atoms with Crippen molar-refractivity contribution in [2.75, 3.05) is 11.4 Å². The van der Waals surface area contributed by atoms with Crippen LogP contribution in [0.15, 0.2) is 47.6 Å². The standard InChI is InChI=1S/C17H15ClN2O5S/c1-11-4-2-3-5-13(11)17(21)20-9-8-15(19-25-26(22,23)24)14-7-6-12(18)10-16(14)20/h2-7,10H,8-9H2,1H3,(H,22,23,24)/p-1/b19-15-. The summed E-state index contributed by atoms with van der Waals surface area (Å²) in [5, 5.41) is 3.85. The molecule has 26 heavy (non-hydrogen) atoms. The highest BCUT2D eigenvalue weighted by atomic mass is 35.5. The predicted octanol–water partition coefficient (Wildman–Crippen LogP) is 2.88. The van der Waals surface area contributed by atoms with Gasteiger partial charge in [0.05, 0.1) is 11.4 Å². The predicted molar refractivity (Wildman–Crippen MR) is 96.2 cm³/mol. The Hall–Kier alpha value is -2.42. The second-order valence-electron chi connectivity index (χ2n) is 5.70. The van der Waals surface area contributed by atoms with Gasteiger partial charge in [0.15, 0.2) is 0 Å². The van der Waals surface area contributed by atoms with Gasteiger partial charge in [-0.05, 0) is 36.8 Å². The average Bonchev–Trinajstić information content (AvgIpc) is 2.58. The lowest BCUT2D eigenvalue weighted by molar-refractivity contribution is 0.0986. The first-order valence-corrected chi connectivity index (χ1v) is 9.36. The van der Waals surface area contributed by atoms with Crippen LogP contribution in [0, 0.1) is 6.92 Å². The smallest absolute Gasteiger partial charge is 0.284 e. The summed E-state index contributed by atoms with van der Waals surface area (Å²) in [5.41, 5.74) is 2.59. The Bertz CT molecular complexity index is 1000. The molecule has 0 aromatic heterocycles. The molecule has 2 aromatic rings. The number of anilines is 1. The van der Waals surface area contributed by atoms with Gasteiger partial charge in [0, 0.05) is 29.1 Å². The van der Waals surface area contributed by atoms with Crippen molar-refractivity contribution in [1.29, 1.82) is 0 Å². The third kappa shape index (κ3) is 3.87. The van der Waals surface area contributed by atoms with Gasteiger partial charge in [0.25, 0.3) is 16.3 Å². The van der Waals surface area contributed by atoms with Crippen LogP contribution < -0.4 is 4.90 Å². The molecule has 0 spiro atoms. The first kappa shape index (κ1) is 18.4. The second-order valence-corrected chi connectivity index (χ2v) is 7.11.